The number of benzene rings is 1. The number of aliphatic hydroxyl groups excluding tert-OH is 1. The summed E-state index contributed by atoms with van der Waals surface area (Å²) in [5.41, 5.74) is 2.47. The van der Waals surface area contributed by atoms with Crippen LogP contribution in [0.5, 0.6) is 5.75 Å². The molecule has 1 aliphatic carbocycles. The van der Waals surface area contributed by atoms with Crippen LogP contribution in [0.1, 0.15) is 49.7 Å². The van der Waals surface area contributed by atoms with Crippen molar-refractivity contribution in [2.24, 2.45) is 0 Å². The van der Waals surface area contributed by atoms with Gasteiger partial charge in [-0.2, -0.15) is 0 Å². The molecule has 0 aromatic heterocycles. The molecule has 122 valence electrons. The molecule has 1 heterocycles. The highest BCUT2D eigenvalue weighted by Crippen LogP contribution is 2.28. The van der Waals surface area contributed by atoms with E-state index < -0.39 is 0 Å². The van der Waals surface area contributed by atoms with E-state index >= 15 is 0 Å². The molecule has 1 N–H and O–H groups in total. The maximum absolute atomic E-state index is 10.2. The molecule has 1 saturated heterocycles. The van der Waals surface area contributed by atoms with E-state index in [0.29, 0.717) is 12.1 Å². The normalized spacial score (nSPS) is 27.8. The molecule has 1 aromatic rings. The van der Waals surface area contributed by atoms with Crippen LogP contribution in [-0.2, 0) is 0 Å². The summed E-state index contributed by atoms with van der Waals surface area (Å²) in [6, 6.07) is 6.80. The third kappa shape index (κ3) is 3.64. The lowest BCUT2D eigenvalue weighted by molar-refractivity contribution is -0.00701. The molecule has 2 atom stereocenters. The van der Waals surface area contributed by atoms with Gasteiger partial charge in [0.2, 0.25) is 0 Å². The van der Waals surface area contributed by atoms with Gasteiger partial charge in [-0.15, -0.1) is 0 Å². The number of aliphatic hydroxyl groups is 1. The topological polar surface area (TPSA) is 32.7 Å². The molecule has 1 aliphatic heterocycles. The Morgan fingerprint density at radius 3 is 2.50 bits per heavy atom. The van der Waals surface area contributed by atoms with Crippen molar-refractivity contribution >= 4 is 0 Å². The van der Waals surface area contributed by atoms with Crippen molar-refractivity contribution in [3.05, 3.63) is 29.3 Å². The monoisotopic (exact) mass is 303 g/mol. The van der Waals surface area contributed by atoms with E-state index in [2.05, 4.69) is 36.9 Å². The van der Waals surface area contributed by atoms with Crippen LogP contribution in [0.15, 0.2) is 18.2 Å². The van der Waals surface area contributed by atoms with E-state index in [1.165, 1.54) is 24.0 Å². The second-order valence-electron chi connectivity index (χ2n) is 7.04. The van der Waals surface area contributed by atoms with Crippen LogP contribution in [0.25, 0.3) is 0 Å². The zero-order valence-electron chi connectivity index (χ0n) is 13.9. The highest BCUT2D eigenvalue weighted by atomic mass is 16.5. The van der Waals surface area contributed by atoms with Crippen molar-refractivity contribution in [2.75, 3.05) is 13.1 Å². The summed E-state index contributed by atoms with van der Waals surface area (Å²) < 4.78 is 6.24. The molecule has 0 amide bonds. The fourth-order valence-electron chi connectivity index (χ4n) is 3.86. The van der Waals surface area contributed by atoms with Crippen molar-refractivity contribution in [3.63, 3.8) is 0 Å². The fourth-order valence-corrected chi connectivity index (χ4v) is 3.86. The van der Waals surface area contributed by atoms with E-state index in [1.807, 2.05) is 0 Å². The van der Waals surface area contributed by atoms with Crippen molar-refractivity contribution in [1.29, 1.82) is 0 Å². The average Bonchev–Trinajstić information content (AvgIpc) is 2.52. The Balaban J connectivity index is 1.54. The lowest BCUT2D eigenvalue weighted by Crippen LogP contribution is -2.50. The molecule has 1 aromatic carbocycles. The van der Waals surface area contributed by atoms with Gasteiger partial charge in [0.15, 0.2) is 0 Å². The molecule has 2 unspecified atom stereocenters. The summed E-state index contributed by atoms with van der Waals surface area (Å²) >= 11 is 0. The predicted molar refractivity (Wildman–Crippen MR) is 89.4 cm³/mol. The molecule has 3 nitrogen and oxygen atoms in total. The fraction of sp³-hybridized carbons (Fsp3) is 0.684. The molecule has 0 radical (unpaired) electrons. The van der Waals surface area contributed by atoms with Gasteiger partial charge in [0.05, 0.1) is 6.10 Å². The number of rotatable bonds is 3. The van der Waals surface area contributed by atoms with E-state index in [1.54, 1.807) is 0 Å². The molecule has 0 bridgehead atoms. The van der Waals surface area contributed by atoms with Crippen LogP contribution < -0.4 is 4.74 Å². The van der Waals surface area contributed by atoms with Gasteiger partial charge in [0.1, 0.15) is 11.9 Å². The lowest BCUT2D eigenvalue weighted by Gasteiger charge is -2.41. The first-order chi connectivity index (χ1) is 10.6. The van der Waals surface area contributed by atoms with Crippen LogP contribution in [-0.4, -0.2) is 41.3 Å². The SMILES string of the molecule is Cc1ccc(C)c(OC2CCN(C3CCCCC3O)CC2)c1. The minimum Gasteiger partial charge on any atom is -0.490 e. The Kier molecular flexibility index (Phi) is 5.04. The van der Waals surface area contributed by atoms with Gasteiger partial charge in [-0.3, -0.25) is 4.90 Å². The van der Waals surface area contributed by atoms with Crippen LogP contribution in [0.3, 0.4) is 0 Å². The Morgan fingerprint density at radius 1 is 1.05 bits per heavy atom. The van der Waals surface area contributed by atoms with Crippen LogP contribution in [0.2, 0.25) is 0 Å². The van der Waals surface area contributed by atoms with E-state index in [4.69, 9.17) is 4.74 Å². The van der Waals surface area contributed by atoms with Crippen LogP contribution >= 0.6 is 0 Å². The summed E-state index contributed by atoms with van der Waals surface area (Å²) in [5.74, 6) is 1.04. The Labute approximate surface area is 134 Å². The molecule has 22 heavy (non-hydrogen) atoms. The maximum atomic E-state index is 10.2. The summed E-state index contributed by atoms with van der Waals surface area (Å²) in [4.78, 5) is 2.49. The van der Waals surface area contributed by atoms with E-state index in [0.717, 1.165) is 44.5 Å². The quantitative estimate of drug-likeness (QED) is 0.928. The van der Waals surface area contributed by atoms with Gasteiger partial charge in [0, 0.05) is 19.1 Å². The number of aryl methyl sites for hydroxylation is 2. The van der Waals surface area contributed by atoms with Crippen molar-refractivity contribution in [1.82, 2.24) is 4.90 Å². The first kappa shape index (κ1) is 15.8. The highest BCUT2D eigenvalue weighted by Gasteiger charge is 2.31. The second kappa shape index (κ2) is 7.01. The van der Waals surface area contributed by atoms with Crippen molar-refractivity contribution in [2.45, 2.75) is 70.6 Å². The standard InChI is InChI=1S/C19H29NO2/c1-14-7-8-15(2)19(13-14)22-16-9-11-20(12-10-16)17-5-3-4-6-18(17)21/h7-8,13,16-18,21H,3-6,9-12H2,1-2H3. The number of likely N-dealkylation sites (tertiary alicyclic amines) is 1. The minimum absolute atomic E-state index is 0.120. The van der Waals surface area contributed by atoms with Crippen molar-refractivity contribution < 1.29 is 9.84 Å². The number of hydrogen-bond donors (Lipinski definition) is 1. The smallest absolute Gasteiger partial charge is 0.122 e. The summed E-state index contributed by atoms with van der Waals surface area (Å²) in [7, 11) is 0. The summed E-state index contributed by atoms with van der Waals surface area (Å²) in [5, 5.41) is 10.2. The zero-order valence-corrected chi connectivity index (χ0v) is 13.9. The minimum atomic E-state index is -0.120. The molecule has 3 rings (SSSR count). The van der Waals surface area contributed by atoms with Crippen molar-refractivity contribution in [3.8, 4) is 5.75 Å². The summed E-state index contributed by atoms with van der Waals surface area (Å²) in [6.45, 7) is 6.33. The average molecular weight is 303 g/mol. The Hall–Kier alpha value is -1.06. The second-order valence-corrected chi connectivity index (χ2v) is 7.04. The molecule has 0 spiro atoms. The van der Waals surface area contributed by atoms with Gasteiger partial charge < -0.3 is 9.84 Å². The van der Waals surface area contributed by atoms with Gasteiger partial charge >= 0.3 is 0 Å². The summed E-state index contributed by atoms with van der Waals surface area (Å²) in [6.07, 6.45) is 6.91. The van der Waals surface area contributed by atoms with Gasteiger partial charge in [0.25, 0.3) is 0 Å². The zero-order chi connectivity index (χ0) is 15.5. The molecule has 3 heteroatoms. The lowest BCUT2D eigenvalue weighted by atomic mass is 9.90. The van der Waals surface area contributed by atoms with E-state index in [9.17, 15) is 5.11 Å². The molecular formula is C19H29NO2. The van der Waals surface area contributed by atoms with E-state index in [-0.39, 0.29) is 6.10 Å². The maximum Gasteiger partial charge on any atom is 0.122 e. The van der Waals surface area contributed by atoms with Crippen LogP contribution in [0.4, 0.5) is 0 Å². The third-order valence-corrected chi connectivity index (χ3v) is 5.28. The number of piperidine rings is 1. The van der Waals surface area contributed by atoms with Gasteiger partial charge in [-0.1, -0.05) is 25.0 Å². The Morgan fingerprint density at radius 2 is 1.77 bits per heavy atom. The molecular weight excluding hydrogens is 274 g/mol. The largest absolute Gasteiger partial charge is 0.490 e. The third-order valence-electron chi connectivity index (χ3n) is 5.28. The molecule has 1 saturated carbocycles. The predicted octanol–water partition coefficient (Wildman–Crippen LogP) is 3.45. The Bertz CT molecular complexity index is 494. The van der Waals surface area contributed by atoms with Gasteiger partial charge in [-0.25, -0.2) is 0 Å². The molecule has 2 fully saturated rings. The van der Waals surface area contributed by atoms with Gasteiger partial charge in [-0.05, 0) is 56.7 Å². The number of hydrogen-bond acceptors (Lipinski definition) is 3. The highest BCUT2D eigenvalue weighted by molar-refractivity contribution is 5.36. The first-order valence-electron chi connectivity index (χ1n) is 8.79. The van der Waals surface area contributed by atoms with Crippen LogP contribution in [0, 0.1) is 13.8 Å². The number of ether oxygens (including phenoxy) is 1. The molecule has 2 aliphatic rings. The first-order valence-corrected chi connectivity index (χ1v) is 8.79. The number of nitrogens with zero attached hydrogens (tertiary/aromatic N) is 1.